The quantitative estimate of drug-likeness (QED) is 0.472. The van der Waals surface area contributed by atoms with Gasteiger partial charge in [-0.25, -0.2) is 4.98 Å². The molecule has 0 N–H and O–H groups in total. The molecule has 3 aromatic rings. The van der Waals surface area contributed by atoms with Crippen LogP contribution in [0.1, 0.15) is 9.88 Å². The van der Waals surface area contributed by atoms with E-state index >= 15 is 0 Å². The fourth-order valence-electron chi connectivity index (χ4n) is 1.69. The van der Waals surface area contributed by atoms with Crippen molar-refractivity contribution in [1.29, 1.82) is 0 Å². The van der Waals surface area contributed by atoms with Gasteiger partial charge >= 0.3 is 0 Å². The molecule has 0 bridgehead atoms. The highest BCUT2D eigenvalue weighted by molar-refractivity contribution is 9.11. The third-order valence-electron chi connectivity index (χ3n) is 2.58. The Morgan fingerprint density at radius 3 is 2.75 bits per heavy atom. The molecule has 2 heterocycles. The number of nitrogens with zero attached hydrogens (tertiary/aromatic N) is 2. The van der Waals surface area contributed by atoms with E-state index in [0.29, 0.717) is 0 Å². The Morgan fingerprint density at radius 2 is 2.05 bits per heavy atom. The van der Waals surface area contributed by atoms with Crippen LogP contribution in [0.4, 0.5) is 5.69 Å². The Kier molecular flexibility index (Phi) is 3.64. The van der Waals surface area contributed by atoms with E-state index in [2.05, 4.69) is 20.9 Å². The van der Waals surface area contributed by atoms with E-state index in [9.17, 15) is 10.1 Å². The normalized spacial score (nSPS) is 11.4. The number of halogens is 1. The average Bonchev–Trinajstić information content (AvgIpc) is 3.00. The van der Waals surface area contributed by atoms with E-state index in [1.165, 1.54) is 17.4 Å². The van der Waals surface area contributed by atoms with Gasteiger partial charge in [-0.2, -0.15) is 0 Å². The summed E-state index contributed by atoms with van der Waals surface area (Å²) in [6.07, 6.45) is 3.91. The standard InChI is InChI=1S/C13H7BrN2O2S2/c14-12-5-2-9(19-12)3-6-13-15-10-4-1-8(16(17)18)7-11(10)20-13/h1-7H/b6-3+. The first-order valence-electron chi connectivity index (χ1n) is 5.60. The van der Waals surface area contributed by atoms with Crippen molar-refractivity contribution in [3.05, 3.63) is 54.1 Å². The Balaban J connectivity index is 1.92. The summed E-state index contributed by atoms with van der Waals surface area (Å²) in [5, 5.41) is 11.6. The summed E-state index contributed by atoms with van der Waals surface area (Å²) < 4.78 is 1.91. The Hall–Kier alpha value is -1.57. The van der Waals surface area contributed by atoms with Crippen LogP contribution in [0.2, 0.25) is 0 Å². The first-order chi connectivity index (χ1) is 9.61. The van der Waals surface area contributed by atoms with Crippen molar-refractivity contribution in [1.82, 2.24) is 4.98 Å². The van der Waals surface area contributed by atoms with Crippen LogP contribution in [0.5, 0.6) is 0 Å². The molecule has 0 unspecified atom stereocenters. The third kappa shape index (κ3) is 2.79. The van der Waals surface area contributed by atoms with Gasteiger partial charge in [0.2, 0.25) is 0 Å². The van der Waals surface area contributed by atoms with E-state index in [1.807, 2.05) is 24.3 Å². The molecule has 0 amide bonds. The molecule has 20 heavy (non-hydrogen) atoms. The van der Waals surface area contributed by atoms with E-state index in [0.717, 1.165) is 23.9 Å². The molecule has 1 aromatic carbocycles. The van der Waals surface area contributed by atoms with Gasteiger partial charge in [0.15, 0.2) is 0 Å². The summed E-state index contributed by atoms with van der Waals surface area (Å²) in [6.45, 7) is 0. The van der Waals surface area contributed by atoms with Crippen molar-refractivity contribution in [3.8, 4) is 0 Å². The van der Waals surface area contributed by atoms with Gasteiger partial charge in [-0.05, 0) is 46.3 Å². The lowest BCUT2D eigenvalue weighted by Crippen LogP contribution is -1.85. The third-order valence-corrected chi connectivity index (χ3v) is 5.16. The lowest BCUT2D eigenvalue weighted by molar-refractivity contribution is -0.384. The number of nitro benzene ring substituents is 1. The summed E-state index contributed by atoms with van der Waals surface area (Å²) >= 11 is 6.50. The first-order valence-corrected chi connectivity index (χ1v) is 8.03. The fraction of sp³-hybridized carbons (Fsp3) is 0. The Bertz CT molecular complexity index is 823. The second-order valence-corrected chi connectivity index (χ2v) is 7.49. The molecule has 0 aliphatic heterocycles. The number of hydrogen-bond donors (Lipinski definition) is 0. The molecular weight excluding hydrogens is 360 g/mol. The predicted molar refractivity (Wildman–Crippen MR) is 87.2 cm³/mol. The number of non-ortho nitro benzene ring substituents is 1. The minimum absolute atomic E-state index is 0.0962. The average molecular weight is 367 g/mol. The van der Waals surface area contributed by atoms with Crippen LogP contribution in [0.3, 0.4) is 0 Å². The summed E-state index contributed by atoms with van der Waals surface area (Å²) in [6, 6.07) is 8.73. The van der Waals surface area contributed by atoms with Gasteiger partial charge in [0.1, 0.15) is 5.01 Å². The maximum absolute atomic E-state index is 10.7. The van der Waals surface area contributed by atoms with Gasteiger partial charge < -0.3 is 0 Å². The molecule has 0 saturated carbocycles. The van der Waals surface area contributed by atoms with E-state index in [1.54, 1.807) is 23.5 Å². The number of rotatable bonds is 3. The Morgan fingerprint density at radius 1 is 1.20 bits per heavy atom. The zero-order valence-electron chi connectivity index (χ0n) is 9.95. The van der Waals surface area contributed by atoms with Crippen molar-refractivity contribution >= 4 is 66.7 Å². The van der Waals surface area contributed by atoms with E-state index in [-0.39, 0.29) is 5.69 Å². The van der Waals surface area contributed by atoms with Crippen molar-refractivity contribution in [2.75, 3.05) is 0 Å². The van der Waals surface area contributed by atoms with Gasteiger partial charge in [-0.1, -0.05) is 0 Å². The first kappa shape index (κ1) is 13.4. The molecule has 0 fully saturated rings. The SMILES string of the molecule is O=[N+]([O-])c1ccc2nc(/C=C/c3ccc(Br)s3)sc2c1. The second kappa shape index (κ2) is 5.43. The lowest BCUT2D eigenvalue weighted by atomic mass is 10.3. The van der Waals surface area contributed by atoms with Crippen LogP contribution in [0, 0.1) is 10.1 Å². The lowest BCUT2D eigenvalue weighted by Gasteiger charge is -1.88. The number of benzene rings is 1. The highest BCUT2D eigenvalue weighted by Crippen LogP contribution is 2.28. The maximum atomic E-state index is 10.7. The minimum atomic E-state index is -0.391. The zero-order chi connectivity index (χ0) is 14.1. The van der Waals surface area contributed by atoms with Crippen molar-refractivity contribution in [2.24, 2.45) is 0 Å². The van der Waals surface area contributed by atoms with Gasteiger partial charge in [0.25, 0.3) is 5.69 Å². The molecule has 0 atom stereocenters. The van der Waals surface area contributed by atoms with Gasteiger partial charge in [0, 0.05) is 17.0 Å². The van der Waals surface area contributed by atoms with Gasteiger partial charge in [-0.3, -0.25) is 10.1 Å². The molecule has 0 spiro atoms. The van der Waals surface area contributed by atoms with Crippen LogP contribution in [-0.2, 0) is 0 Å². The highest BCUT2D eigenvalue weighted by atomic mass is 79.9. The summed E-state index contributed by atoms with van der Waals surface area (Å²) in [5.41, 5.74) is 0.881. The van der Waals surface area contributed by atoms with E-state index < -0.39 is 4.92 Å². The topological polar surface area (TPSA) is 56.0 Å². The molecule has 100 valence electrons. The van der Waals surface area contributed by atoms with E-state index in [4.69, 9.17) is 0 Å². The molecule has 0 radical (unpaired) electrons. The van der Waals surface area contributed by atoms with Gasteiger partial charge in [-0.15, -0.1) is 22.7 Å². The number of hydrogen-bond acceptors (Lipinski definition) is 5. The molecule has 0 aliphatic carbocycles. The van der Waals surface area contributed by atoms with Crippen molar-refractivity contribution < 1.29 is 4.92 Å². The smallest absolute Gasteiger partial charge is 0.258 e. The molecule has 3 rings (SSSR count). The minimum Gasteiger partial charge on any atom is -0.258 e. The van der Waals surface area contributed by atoms with Crippen LogP contribution in [-0.4, -0.2) is 9.91 Å². The summed E-state index contributed by atoms with van der Waals surface area (Å²) in [4.78, 5) is 15.9. The Labute approximate surface area is 130 Å². The molecule has 0 aliphatic rings. The highest BCUT2D eigenvalue weighted by Gasteiger charge is 2.09. The summed E-state index contributed by atoms with van der Waals surface area (Å²) in [5.74, 6) is 0. The van der Waals surface area contributed by atoms with Crippen LogP contribution >= 0.6 is 38.6 Å². The second-order valence-electron chi connectivity index (χ2n) is 3.94. The van der Waals surface area contributed by atoms with Crippen LogP contribution in [0.25, 0.3) is 22.4 Å². The van der Waals surface area contributed by atoms with Gasteiger partial charge in [0.05, 0.1) is 18.9 Å². The van der Waals surface area contributed by atoms with Crippen LogP contribution in [0.15, 0.2) is 34.1 Å². The molecule has 7 heteroatoms. The predicted octanol–water partition coefficient (Wildman–Crippen LogP) is 5.20. The van der Waals surface area contributed by atoms with Crippen molar-refractivity contribution in [3.63, 3.8) is 0 Å². The number of thiazole rings is 1. The molecule has 4 nitrogen and oxygen atoms in total. The maximum Gasteiger partial charge on any atom is 0.270 e. The molecule has 0 saturated heterocycles. The zero-order valence-corrected chi connectivity index (χ0v) is 13.2. The number of thiophene rings is 1. The van der Waals surface area contributed by atoms with Crippen molar-refractivity contribution in [2.45, 2.75) is 0 Å². The van der Waals surface area contributed by atoms with Crippen LogP contribution < -0.4 is 0 Å². The summed E-state index contributed by atoms with van der Waals surface area (Å²) in [7, 11) is 0. The molecule has 2 aromatic heterocycles. The number of aromatic nitrogens is 1. The molecular formula is C13H7BrN2O2S2. The number of fused-ring (bicyclic) bond motifs is 1. The monoisotopic (exact) mass is 366 g/mol. The number of nitro groups is 1. The largest absolute Gasteiger partial charge is 0.270 e. The fourth-order valence-corrected chi connectivity index (χ4v) is 3.92.